The van der Waals surface area contributed by atoms with Gasteiger partial charge in [-0.1, -0.05) is 64.5 Å². The van der Waals surface area contributed by atoms with E-state index >= 15 is 0 Å². The molecule has 0 aliphatic carbocycles. The average Bonchev–Trinajstić information content (AvgIpc) is 3.74. The fourth-order valence-corrected chi connectivity index (χ4v) is 8.81. The molecule has 302 valence electrons. The molecule has 8 nitrogen and oxygen atoms in total. The summed E-state index contributed by atoms with van der Waals surface area (Å²) in [5.41, 5.74) is 9.61. The highest BCUT2D eigenvalue weighted by Gasteiger charge is 2.29. The Morgan fingerprint density at radius 1 is 0.483 bits per heavy atom. The topological polar surface area (TPSA) is 80.9 Å². The lowest BCUT2D eigenvalue weighted by molar-refractivity contribution is 0.100. The summed E-state index contributed by atoms with van der Waals surface area (Å²) in [7, 11) is 6.65. The van der Waals surface area contributed by atoms with Gasteiger partial charge in [0, 0.05) is 67.9 Å². The summed E-state index contributed by atoms with van der Waals surface area (Å²) in [6, 6.07) is 24.7. The summed E-state index contributed by atoms with van der Waals surface area (Å²) >= 11 is 0. The van der Waals surface area contributed by atoms with Gasteiger partial charge in [0.25, 0.3) is 0 Å². The monoisotopic (exact) mass is 780 g/mol. The van der Waals surface area contributed by atoms with E-state index in [-0.39, 0.29) is 11.6 Å². The van der Waals surface area contributed by atoms with E-state index in [2.05, 4.69) is 71.5 Å². The third-order valence-electron chi connectivity index (χ3n) is 11.7. The first-order chi connectivity index (χ1) is 28.2. The molecule has 2 aromatic heterocycles. The van der Waals surface area contributed by atoms with E-state index < -0.39 is 0 Å². The molecular formula is C50H56N2O6. The summed E-state index contributed by atoms with van der Waals surface area (Å²) in [5.74, 6) is 2.57. The maximum Gasteiger partial charge on any atom is 0.161 e. The molecule has 2 heterocycles. The number of benzene rings is 5. The van der Waals surface area contributed by atoms with Crippen LogP contribution >= 0.6 is 0 Å². The molecule has 0 saturated carbocycles. The lowest BCUT2D eigenvalue weighted by Crippen LogP contribution is -2.03. The summed E-state index contributed by atoms with van der Waals surface area (Å²) in [6.07, 6.45) is 8.73. The quantitative estimate of drug-likeness (QED) is 0.0637. The maximum absolute atomic E-state index is 13.2. The zero-order valence-corrected chi connectivity index (χ0v) is 35.3. The molecule has 58 heavy (non-hydrogen) atoms. The van der Waals surface area contributed by atoms with Crippen LogP contribution in [-0.4, -0.2) is 49.1 Å². The van der Waals surface area contributed by atoms with Gasteiger partial charge in [-0.15, -0.1) is 0 Å². The molecule has 0 bridgehead atoms. The molecule has 0 fully saturated rings. The number of unbranched alkanes of at least 4 members (excludes halogenated alkanes) is 6. The largest absolute Gasteiger partial charge is 0.493 e. The van der Waals surface area contributed by atoms with Gasteiger partial charge in [-0.25, -0.2) is 0 Å². The average molecular weight is 781 g/mol. The van der Waals surface area contributed by atoms with Gasteiger partial charge < -0.3 is 28.1 Å². The number of aromatic nitrogens is 2. The van der Waals surface area contributed by atoms with Crippen LogP contribution in [0.25, 0.3) is 65.9 Å². The Bertz CT molecular complexity index is 2480. The van der Waals surface area contributed by atoms with Crippen molar-refractivity contribution in [1.29, 1.82) is 0 Å². The standard InChI is InChI=1S/C50H56N2O6/c1-9-11-13-15-25-51-39-21-17-33(31(3)53)27-37(39)47-46(36-20-24-42(56-6)44(30-36)58-8)50-48(45(49(47)51)35-19-23-41(55-5)43(29-35)57-7)38-28-34(32(4)54)18-22-40(38)52(50)26-16-14-12-10-2/h17-24,27-30H,9-16,25-26H2,1-8H3. The van der Waals surface area contributed by atoms with Gasteiger partial charge in [0.15, 0.2) is 34.6 Å². The van der Waals surface area contributed by atoms with Crippen LogP contribution in [0.3, 0.4) is 0 Å². The molecule has 0 amide bonds. The smallest absolute Gasteiger partial charge is 0.161 e. The van der Waals surface area contributed by atoms with Gasteiger partial charge in [-0.2, -0.15) is 0 Å². The normalized spacial score (nSPS) is 11.6. The van der Waals surface area contributed by atoms with Crippen LogP contribution < -0.4 is 18.9 Å². The molecule has 0 spiro atoms. The number of rotatable bonds is 18. The van der Waals surface area contributed by atoms with Gasteiger partial charge in [-0.05, 0) is 98.5 Å². The Labute approximate surface area is 341 Å². The second-order valence-electron chi connectivity index (χ2n) is 15.3. The number of carbonyl (C=O) groups excluding carboxylic acids is 2. The molecule has 8 heteroatoms. The van der Waals surface area contributed by atoms with Crippen LogP contribution in [-0.2, 0) is 13.1 Å². The van der Waals surface area contributed by atoms with Crippen molar-refractivity contribution < 1.29 is 28.5 Å². The molecule has 0 aliphatic rings. The first-order valence-corrected chi connectivity index (χ1v) is 20.8. The van der Waals surface area contributed by atoms with E-state index in [0.29, 0.717) is 34.1 Å². The number of fused-ring (bicyclic) bond motifs is 6. The predicted molar refractivity (Wildman–Crippen MR) is 238 cm³/mol. The second-order valence-corrected chi connectivity index (χ2v) is 15.3. The lowest BCUT2D eigenvalue weighted by atomic mass is 9.89. The third kappa shape index (κ3) is 7.18. The van der Waals surface area contributed by atoms with Crippen LogP contribution in [0.15, 0.2) is 72.8 Å². The Morgan fingerprint density at radius 2 is 0.879 bits per heavy atom. The fourth-order valence-electron chi connectivity index (χ4n) is 8.81. The van der Waals surface area contributed by atoms with E-state index in [1.54, 1.807) is 42.3 Å². The van der Waals surface area contributed by atoms with Crippen LogP contribution in [0.1, 0.15) is 99.8 Å². The minimum absolute atomic E-state index is 0.0152. The fraction of sp³-hybridized carbons (Fsp3) is 0.360. The van der Waals surface area contributed by atoms with Crippen molar-refractivity contribution in [2.75, 3.05) is 28.4 Å². The molecule has 0 unspecified atom stereocenters. The lowest BCUT2D eigenvalue weighted by Gasteiger charge is -2.19. The van der Waals surface area contributed by atoms with Crippen LogP contribution in [0.4, 0.5) is 0 Å². The van der Waals surface area contributed by atoms with Gasteiger partial charge in [0.2, 0.25) is 0 Å². The Balaban J connectivity index is 1.81. The van der Waals surface area contributed by atoms with E-state index in [9.17, 15) is 9.59 Å². The van der Waals surface area contributed by atoms with Crippen molar-refractivity contribution in [2.24, 2.45) is 0 Å². The number of aryl methyl sites for hydroxylation is 2. The van der Waals surface area contributed by atoms with Crippen molar-refractivity contribution in [3.8, 4) is 45.3 Å². The number of ether oxygens (including phenoxy) is 4. The number of hydrogen-bond acceptors (Lipinski definition) is 6. The Morgan fingerprint density at radius 3 is 1.22 bits per heavy atom. The van der Waals surface area contributed by atoms with Gasteiger partial charge in [0.05, 0.1) is 39.5 Å². The number of nitrogens with zero attached hydrogens (tertiary/aromatic N) is 2. The molecule has 0 radical (unpaired) electrons. The zero-order valence-electron chi connectivity index (χ0n) is 35.3. The van der Waals surface area contributed by atoms with E-state index in [1.807, 2.05) is 24.3 Å². The highest BCUT2D eigenvalue weighted by Crippen LogP contribution is 2.52. The van der Waals surface area contributed by atoms with Crippen molar-refractivity contribution in [2.45, 2.75) is 92.2 Å². The van der Waals surface area contributed by atoms with E-state index in [0.717, 1.165) is 130 Å². The maximum atomic E-state index is 13.2. The van der Waals surface area contributed by atoms with Gasteiger partial charge in [0.1, 0.15) is 0 Å². The highest BCUT2D eigenvalue weighted by molar-refractivity contribution is 6.33. The van der Waals surface area contributed by atoms with Gasteiger partial charge >= 0.3 is 0 Å². The minimum atomic E-state index is 0.0152. The summed E-state index contributed by atoms with van der Waals surface area (Å²) in [5, 5.41) is 4.14. The van der Waals surface area contributed by atoms with Crippen molar-refractivity contribution in [1.82, 2.24) is 9.13 Å². The molecule has 0 saturated heterocycles. The van der Waals surface area contributed by atoms with Crippen LogP contribution in [0, 0.1) is 0 Å². The van der Waals surface area contributed by atoms with E-state index in [4.69, 9.17) is 18.9 Å². The summed E-state index contributed by atoms with van der Waals surface area (Å²) < 4.78 is 28.4. The van der Waals surface area contributed by atoms with Crippen molar-refractivity contribution in [3.63, 3.8) is 0 Å². The number of methoxy groups -OCH3 is 4. The first kappa shape index (κ1) is 40.4. The molecule has 0 N–H and O–H groups in total. The van der Waals surface area contributed by atoms with Crippen LogP contribution in [0.2, 0.25) is 0 Å². The molecule has 0 atom stereocenters. The number of carbonyl (C=O) groups is 2. The van der Waals surface area contributed by atoms with Crippen LogP contribution in [0.5, 0.6) is 23.0 Å². The molecular weight excluding hydrogens is 725 g/mol. The Kier molecular flexibility index (Phi) is 12.1. The number of hydrogen-bond donors (Lipinski definition) is 0. The van der Waals surface area contributed by atoms with Gasteiger partial charge in [-0.3, -0.25) is 9.59 Å². The SMILES string of the molecule is CCCCCCn1c2ccc(C(C)=O)cc2c2c(-c3ccc(OC)c(OC)c3)c3c(c(-c4ccc(OC)c(OC)c4)c21)c1cc(C(C)=O)ccc1n3CCCCCC. The molecule has 7 aromatic rings. The molecule has 0 aliphatic heterocycles. The molecule has 5 aromatic carbocycles. The Hall–Kier alpha value is -5.76. The number of Topliss-reactive ketones (excluding diaryl/α,β-unsaturated/α-hetero) is 2. The molecule has 7 rings (SSSR count). The first-order valence-electron chi connectivity index (χ1n) is 20.8. The third-order valence-corrected chi connectivity index (χ3v) is 11.7. The minimum Gasteiger partial charge on any atom is -0.493 e. The van der Waals surface area contributed by atoms with Crippen molar-refractivity contribution >= 4 is 55.2 Å². The summed E-state index contributed by atoms with van der Waals surface area (Å²) in [6.45, 7) is 9.30. The summed E-state index contributed by atoms with van der Waals surface area (Å²) in [4.78, 5) is 26.3. The number of ketones is 2. The van der Waals surface area contributed by atoms with Crippen molar-refractivity contribution in [3.05, 3.63) is 83.9 Å². The second kappa shape index (κ2) is 17.4. The van der Waals surface area contributed by atoms with E-state index in [1.165, 1.54) is 0 Å². The predicted octanol–water partition coefficient (Wildman–Crippen LogP) is 12.8. The zero-order chi connectivity index (χ0) is 41.1. The highest BCUT2D eigenvalue weighted by atomic mass is 16.5.